The van der Waals surface area contributed by atoms with Gasteiger partial charge < -0.3 is 10.0 Å². The Balaban J connectivity index is 1.71. The molecular weight excluding hydrogens is 309 g/mol. The van der Waals surface area contributed by atoms with Gasteiger partial charge in [-0.25, -0.2) is 0 Å². The minimum atomic E-state index is -4.36. The Morgan fingerprint density at radius 1 is 1.26 bits per heavy atom. The highest BCUT2D eigenvalue weighted by atomic mass is 19.4. The molecule has 1 aromatic carbocycles. The van der Waals surface area contributed by atoms with Crippen molar-refractivity contribution in [2.45, 2.75) is 44.1 Å². The molecule has 126 valence electrons. The minimum absolute atomic E-state index is 0.145. The van der Waals surface area contributed by atoms with Crippen LogP contribution in [0.15, 0.2) is 24.3 Å². The third kappa shape index (κ3) is 3.96. The second kappa shape index (κ2) is 6.03. The molecule has 1 N–H and O–H groups in total. The fourth-order valence-corrected chi connectivity index (χ4v) is 3.17. The number of phenolic OH excluding ortho intramolecular Hbond substituents is 1. The first-order valence-electron chi connectivity index (χ1n) is 7.73. The highest BCUT2D eigenvalue weighted by Gasteiger charge is 2.44. The lowest BCUT2D eigenvalue weighted by atomic mass is 10.1. The van der Waals surface area contributed by atoms with E-state index in [4.69, 9.17) is 0 Å². The molecule has 1 aliphatic carbocycles. The van der Waals surface area contributed by atoms with E-state index in [-0.39, 0.29) is 18.3 Å². The standard InChI is InChI=1S/C16H19F3N2O2/c17-16(18,19)10-20-7-6-14(15(20)23)21(12-4-5-12)9-11-2-1-3-13(22)8-11/h1-3,8,12,14,22H,4-7,9-10H2/t14-/m1/s1. The molecule has 0 bridgehead atoms. The quantitative estimate of drug-likeness (QED) is 0.903. The van der Waals surface area contributed by atoms with Crippen LogP contribution in [-0.2, 0) is 11.3 Å². The molecule has 3 rings (SSSR count). The van der Waals surface area contributed by atoms with Crippen LogP contribution in [0.2, 0.25) is 0 Å². The average Bonchev–Trinajstić information content (AvgIpc) is 3.22. The van der Waals surface area contributed by atoms with E-state index in [1.807, 2.05) is 11.0 Å². The Hall–Kier alpha value is -1.76. The summed E-state index contributed by atoms with van der Waals surface area (Å²) in [6.45, 7) is -0.561. The molecule has 4 nitrogen and oxygen atoms in total. The number of hydrogen-bond acceptors (Lipinski definition) is 3. The first-order chi connectivity index (χ1) is 10.8. The molecule has 1 amide bonds. The number of alkyl halides is 3. The van der Waals surface area contributed by atoms with Crippen molar-refractivity contribution in [3.05, 3.63) is 29.8 Å². The molecule has 0 unspecified atom stereocenters. The number of hydrogen-bond donors (Lipinski definition) is 1. The molecule has 7 heteroatoms. The van der Waals surface area contributed by atoms with Crippen LogP contribution in [0.3, 0.4) is 0 Å². The van der Waals surface area contributed by atoms with E-state index < -0.39 is 24.7 Å². The maximum atomic E-state index is 12.5. The molecule has 1 aliphatic heterocycles. The van der Waals surface area contributed by atoms with Crippen LogP contribution in [-0.4, -0.2) is 52.2 Å². The summed E-state index contributed by atoms with van der Waals surface area (Å²) in [4.78, 5) is 15.2. The van der Waals surface area contributed by atoms with Crippen molar-refractivity contribution in [3.8, 4) is 5.75 Å². The average molecular weight is 328 g/mol. The van der Waals surface area contributed by atoms with Gasteiger partial charge in [0.2, 0.25) is 5.91 Å². The van der Waals surface area contributed by atoms with Crippen molar-refractivity contribution in [1.29, 1.82) is 0 Å². The van der Waals surface area contributed by atoms with E-state index in [1.54, 1.807) is 18.2 Å². The van der Waals surface area contributed by atoms with Gasteiger partial charge in [0.15, 0.2) is 0 Å². The van der Waals surface area contributed by atoms with Gasteiger partial charge in [-0.05, 0) is 37.0 Å². The van der Waals surface area contributed by atoms with Crippen molar-refractivity contribution in [3.63, 3.8) is 0 Å². The van der Waals surface area contributed by atoms with Gasteiger partial charge in [-0.3, -0.25) is 9.69 Å². The molecule has 2 fully saturated rings. The maximum Gasteiger partial charge on any atom is 0.406 e. The molecule has 1 saturated carbocycles. The molecule has 1 saturated heterocycles. The lowest BCUT2D eigenvalue weighted by Gasteiger charge is -2.28. The molecule has 0 radical (unpaired) electrons. The second-order valence-electron chi connectivity index (χ2n) is 6.25. The Morgan fingerprint density at radius 3 is 2.61 bits per heavy atom. The zero-order valence-corrected chi connectivity index (χ0v) is 12.6. The Bertz CT molecular complexity index is 587. The summed E-state index contributed by atoms with van der Waals surface area (Å²) in [6, 6.07) is 6.52. The summed E-state index contributed by atoms with van der Waals surface area (Å²) in [5, 5.41) is 9.55. The Labute approximate surface area is 132 Å². The summed E-state index contributed by atoms with van der Waals surface area (Å²) < 4.78 is 37.6. The van der Waals surface area contributed by atoms with Crippen LogP contribution < -0.4 is 0 Å². The normalized spacial score (nSPS) is 22.2. The van der Waals surface area contributed by atoms with E-state index in [1.165, 1.54) is 0 Å². The molecule has 1 aromatic rings. The summed E-state index contributed by atoms with van der Waals surface area (Å²) in [5.74, 6) is -0.288. The Kier molecular flexibility index (Phi) is 4.23. The van der Waals surface area contributed by atoms with Gasteiger partial charge in [0.1, 0.15) is 12.3 Å². The molecule has 1 heterocycles. The topological polar surface area (TPSA) is 43.8 Å². The van der Waals surface area contributed by atoms with E-state index in [2.05, 4.69) is 0 Å². The number of carbonyl (C=O) groups excluding carboxylic acids is 1. The molecule has 23 heavy (non-hydrogen) atoms. The SMILES string of the molecule is O=C1[C@H](N(Cc2cccc(O)c2)C2CC2)CCN1CC(F)(F)F. The van der Waals surface area contributed by atoms with Crippen molar-refractivity contribution >= 4 is 5.91 Å². The first-order valence-corrected chi connectivity index (χ1v) is 7.73. The number of halogens is 3. The van der Waals surface area contributed by atoms with Crippen molar-refractivity contribution < 1.29 is 23.1 Å². The molecule has 0 spiro atoms. The van der Waals surface area contributed by atoms with Gasteiger partial charge in [-0.2, -0.15) is 13.2 Å². The van der Waals surface area contributed by atoms with Crippen molar-refractivity contribution in [2.75, 3.05) is 13.1 Å². The Morgan fingerprint density at radius 2 is 2.00 bits per heavy atom. The lowest BCUT2D eigenvalue weighted by molar-refractivity contribution is -0.159. The molecule has 0 aromatic heterocycles. The molecule has 1 atom stereocenters. The van der Waals surface area contributed by atoms with Crippen LogP contribution >= 0.6 is 0 Å². The number of likely N-dealkylation sites (tertiary alicyclic amines) is 1. The number of rotatable bonds is 5. The van der Waals surface area contributed by atoms with E-state index >= 15 is 0 Å². The first kappa shape index (κ1) is 16.1. The van der Waals surface area contributed by atoms with Crippen LogP contribution in [0.25, 0.3) is 0 Å². The number of amides is 1. The van der Waals surface area contributed by atoms with Gasteiger partial charge in [0.25, 0.3) is 0 Å². The lowest BCUT2D eigenvalue weighted by Crippen LogP contribution is -2.44. The summed E-state index contributed by atoms with van der Waals surface area (Å²) >= 11 is 0. The smallest absolute Gasteiger partial charge is 0.406 e. The largest absolute Gasteiger partial charge is 0.508 e. The minimum Gasteiger partial charge on any atom is -0.508 e. The third-order valence-electron chi connectivity index (χ3n) is 4.33. The number of aromatic hydroxyl groups is 1. The van der Waals surface area contributed by atoms with Crippen molar-refractivity contribution in [1.82, 2.24) is 9.80 Å². The monoisotopic (exact) mass is 328 g/mol. The van der Waals surface area contributed by atoms with Crippen LogP contribution in [0, 0.1) is 0 Å². The van der Waals surface area contributed by atoms with Crippen molar-refractivity contribution in [2.24, 2.45) is 0 Å². The number of phenols is 1. The molecular formula is C16H19F3N2O2. The fraction of sp³-hybridized carbons (Fsp3) is 0.562. The van der Waals surface area contributed by atoms with Gasteiger partial charge in [0.05, 0.1) is 6.04 Å². The number of nitrogens with zero attached hydrogens (tertiary/aromatic N) is 2. The second-order valence-corrected chi connectivity index (χ2v) is 6.25. The summed E-state index contributed by atoms with van der Waals surface area (Å²) in [7, 11) is 0. The summed E-state index contributed by atoms with van der Waals surface area (Å²) in [6.07, 6.45) is -2.02. The zero-order valence-electron chi connectivity index (χ0n) is 12.6. The highest BCUT2D eigenvalue weighted by molar-refractivity contribution is 5.84. The molecule has 2 aliphatic rings. The third-order valence-corrected chi connectivity index (χ3v) is 4.33. The highest BCUT2D eigenvalue weighted by Crippen LogP contribution is 2.34. The van der Waals surface area contributed by atoms with Crippen LogP contribution in [0.4, 0.5) is 13.2 Å². The predicted octanol–water partition coefficient (Wildman–Crippen LogP) is 2.52. The van der Waals surface area contributed by atoms with Gasteiger partial charge >= 0.3 is 6.18 Å². The van der Waals surface area contributed by atoms with E-state index in [9.17, 15) is 23.1 Å². The van der Waals surface area contributed by atoms with E-state index in [0.717, 1.165) is 23.3 Å². The maximum absolute atomic E-state index is 12.5. The van der Waals surface area contributed by atoms with Crippen LogP contribution in [0.5, 0.6) is 5.75 Å². The van der Waals surface area contributed by atoms with Gasteiger partial charge in [-0.15, -0.1) is 0 Å². The van der Waals surface area contributed by atoms with Gasteiger partial charge in [-0.1, -0.05) is 12.1 Å². The van der Waals surface area contributed by atoms with Gasteiger partial charge in [0, 0.05) is 19.1 Å². The number of carbonyl (C=O) groups is 1. The predicted molar refractivity (Wildman–Crippen MR) is 77.7 cm³/mol. The fourth-order valence-electron chi connectivity index (χ4n) is 3.17. The zero-order chi connectivity index (χ0) is 16.6. The number of benzene rings is 1. The van der Waals surface area contributed by atoms with Crippen LogP contribution in [0.1, 0.15) is 24.8 Å². The van der Waals surface area contributed by atoms with E-state index in [0.29, 0.717) is 13.0 Å². The summed E-state index contributed by atoms with van der Waals surface area (Å²) in [5.41, 5.74) is 0.860.